The second kappa shape index (κ2) is 5.11. The van der Waals surface area contributed by atoms with Crippen molar-refractivity contribution in [1.82, 2.24) is 10.2 Å². The Morgan fingerprint density at radius 2 is 2.20 bits per heavy atom. The zero-order valence-corrected chi connectivity index (χ0v) is 9.32. The van der Waals surface area contributed by atoms with Gasteiger partial charge in [-0.15, -0.1) is 0 Å². The van der Waals surface area contributed by atoms with Crippen molar-refractivity contribution in [2.24, 2.45) is 11.7 Å². The highest BCUT2D eigenvalue weighted by Crippen LogP contribution is 2.05. The second-order valence-electron chi connectivity index (χ2n) is 4.23. The first-order chi connectivity index (χ1) is 7.02. The molecule has 5 nitrogen and oxygen atoms in total. The molecule has 0 aromatic rings. The van der Waals surface area contributed by atoms with Gasteiger partial charge in [-0.2, -0.15) is 0 Å². The Kier molecular flexibility index (Phi) is 4.08. The fraction of sp³-hybridized carbons (Fsp3) is 0.800. The number of nitrogens with one attached hydrogen (secondary N) is 1. The number of nitrogens with two attached hydrogens (primary N) is 1. The van der Waals surface area contributed by atoms with Crippen LogP contribution in [0.1, 0.15) is 20.3 Å². The molecule has 0 aliphatic carbocycles. The number of carbonyl (C=O) groups excluding carboxylic acids is 2. The van der Waals surface area contributed by atoms with E-state index in [9.17, 15) is 9.59 Å². The summed E-state index contributed by atoms with van der Waals surface area (Å²) in [6, 6.07) is -0.504. The van der Waals surface area contributed by atoms with Gasteiger partial charge in [-0.05, 0) is 12.3 Å². The Labute approximate surface area is 90.0 Å². The van der Waals surface area contributed by atoms with E-state index < -0.39 is 6.04 Å². The molecule has 1 aliphatic heterocycles. The van der Waals surface area contributed by atoms with Crippen molar-refractivity contribution < 1.29 is 9.59 Å². The maximum Gasteiger partial charge on any atom is 0.240 e. The highest BCUT2D eigenvalue weighted by molar-refractivity contribution is 5.87. The Bertz CT molecular complexity index is 253. The lowest BCUT2D eigenvalue weighted by Crippen LogP contribution is -2.48. The molecule has 0 saturated carbocycles. The molecule has 1 fully saturated rings. The van der Waals surface area contributed by atoms with Gasteiger partial charge < -0.3 is 16.0 Å². The van der Waals surface area contributed by atoms with Gasteiger partial charge >= 0.3 is 0 Å². The first-order valence-electron chi connectivity index (χ1n) is 5.33. The second-order valence-corrected chi connectivity index (χ2v) is 4.23. The Morgan fingerprint density at radius 3 is 2.80 bits per heavy atom. The minimum atomic E-state index is -0.504. The van der Waals surface area contributed by atoms with Crippen LogP contribution in [0.2, 0.25) is 0 Å². The standard InChI is InChI=1S/C10H19N3O2/c1-7(2)9(11)10(15)13-5-3-4-12-8(14)6-13/h7,9H,3-6,11H2,1-2H3,(H,12,14)/t9-/m0/s1. The lowest BCUT2D eigenvalue weighted by molar-refractivity contribution is -0.137. The third kappa shape index (κ3) is 3.20. The third-order valence-corrected chi connectivity index (χ3v) is 2.58. The summed E-state index contributed by atoms with van der Waals surface area (Å²) in [7, 11) is 0. The summed E-state index contributed by atoms with van der Waals surface area (Å²) in [6.45, 7) is 5.19. The van der Waals surface area contributed by atoms with E-state index in [1.807, 2.05) is 13.8 Å². The largest absolute Gasteiger partial charge is 0.354 e. The van der Waals surface area contributed by atoms with Crippen molar-refractivity contribution in [2.45, 2.75) is 26.3 Å². The first-order valence-corrected chi connectivity index (χ1v) is 5.33. The van der Waals surface area contributed by atoms with Crippen molar-refractivity contribution in [3.05, 3.63) is 0 Å². The molecule has 1 rings (SSSR count). The van der Waals surface area contributed by atoms with E-state index in [2.05, 4.69) is 5.32 Å². The Balaban J connectivity index is 2.61. The minimum Gasteiger partial charge on any atom is -0.354 e. The molecular weight excluding hydrogens is 194 g/mol. The summed E-state index contributed by atoms with van der Waals surface area (Å²) in [5.41, 5.74) is 5.76. The van der Waals surface area contributed by atoms with Crippen molar-refractivity contribution in [2.75, 3.05) is 19.6 Å². The fourth-order valence-corrected chi connectivity index (χ4v) is 1.49. The number of hydrogen-bond acceptors (Lipinski definition) is 3. The predicted octanol–water partition coefficient (Wildman–Crippen LogP) is -0.682. The molecule has 1 atom stereocenters. The molecule has 0 aromatic heterocycles. The van der Waals surface area contributed by atoms with Crippen molar-refractivity contribution in [3.8, 4) is 0 Å². The van der Waals surface area contributed by atoms with E-state index in [1.54, 1.807) is 4.90 Å². The highest BCUT2D eigenvalue weighted by Gasteiger charge is 2.26. The lowest BCUT2D eigenvalue weighted by Gasteiger charge is -2.24. The summed E-state index contributed by atoms with van der Waals surface area (Å²) >= 11 is 0. The van der Waals surface area contributed by atoms with Gasteiger partial charge in [-0.1, -0.05) is 13.8 Å². The predicted molar refractivity (Wildman–Crippen MR) is 57.0 cm³/mol. The maximum absolute atomic E-state index is 11.9. The SMILES string of the molecule is CC(C)[C@H](N)C(=O)N1CCCNC(=O)C1. The molecule has 0 spiro atoms. The van der Waals surface area contributed by atoms with Gasteiger partial charge in [0.1, 0.15) is 0 Å². The normalized spacial score (nSPS) is 19.7. The molecular formula is C10H19N3O2. The van der Waals surface area contributed by atoms with Gasteiger partial charge in [0.05, 0.1) is 12.6 Å². The Morgan fingerprint density at radius 1 is 1.53 bits per heavy atom. The molecule has 0 bridgehead atoms. The van der Waals surface area contributed by atoms with Gasteiger partial charge in [-0.3, -0.25) is 9.59 Å². The number of rotatable bonds is 2. The average Bonchev–Trinajstić information content (AvgIpc) is 2.40. The molecule has 0 aromatic carbocycles. The van der Waals surface area contributed by atoms with Crippen LogP contribution >= 0.6 is 0 Å². The van der Waals surface area contributed by atoms with E-state index >= 15 is 0 Å². The first kappa shape index (κ1) is 12.0. The summed E-state index contributed by atoms with van der Waals surface area (Å²) in [5.74, 6) is -0.123. The number of amides is 2. The fourth-order valence-electron chi connectivity index (χ4n) is 1.49. The molecule has 86 valence electrons. The van der Waals surface area contributed by atoms with Crippen molar-refractivity contribution in [1.29, 1.82) is 0 Å². The van der Waals surface area contributed by atoms with Crippen LogP contribution in [-0.4, -0.2) is 42.4 Å². The van der Waals surface area contributed by atoms with Crippen LogP contribution in [0.15, 0.2) is 0 Å². The van der Waals surface area contributed by atoms with Crippen LogP contribution in [0.25, 0.3) is 0 Å². The highest BCUT2D eigenvalue weighted by atomic mass is 16.2. The Hall–Kier alpha value is -1.10. The summed E-state index contributed by atoms with van der Waals surface area (Å²) in [4.78, 5) is 24.7. The number of carbonyl (C=O) groups is 2. The van der Waals surface area contributed by atoms with Gasteiger partial charge in [0, 0.05) is 13.1 Å². The van der Waals surface area contributed by atoms with Crippen LogP contribution < -0.4 is 11.1 Å². The van der Waals surface area contributed by atoms with Crippen molar-refractivity contribution in [3.63, 3.8) is 0 Å². The molecule has 0 unspecified atom stereocenters. The number of nitrogens with zero attached hydrogens (tertiary/aromatic N) is 1. The zero-order valence-electron chi connectivity index (χ0n) is 9.32. The smallest absolute Gasteiger partial charge is 0.240 e. The van der Waals surface area contributed by atoms with Gasteiger partial charge in [0.15, 0.2) is 0 Å². The van der Waals surface area contributed by atoms with Crippen LogP contribution in [0, 0.1) is 5.92 Å². The van der Waals surface area contributed by atoms with E-state index in [0.717, 1.165) is 6.42 Å². The van der Waals surface area contributed by atoms with Crippen molar-refractivity contribution >= 4 is 11.8 Å². The van der Waals surface area contributed by atoms with E-state index in [-0.39, 0.29) is 24.3 Å². The average molecular weight is 213 g/mol. The van der Waals surface area contributed by atoms with Gasteiger partial charge in [-0.25, -0.2) is 0 Å². The number of hydrogen-bond donors (Lipinski definition) is 2. The van der Waals surface area contributed by atoms with Crippen LogP contribution in [0.5, 0.6) is 0 Å². The van der Waals surface area contributed by atoms with Crippen LogP contribution in [0.3, 0.4) is 0 Å². The molecule has 1 saturated heterocycles. The third-order valence-electron chi connectivity index (χ3n) is 2.58. The summed E-state index contributed by atoms with van der Waals surface area (Å²) in [6.07, 6.45) is 0.794. The molecule has 0 radical (unpaired) electrons. The molecule has 1 aliphatic rings. The summed E-state index contributed by atoms with van der Waals surface area (Å²) < 4.78 is 0. The van der Waals surface area contributed by atoms with Crippen LogP contribution in [0.4, 0.5) is 0 Å². The monoisotopic (exact) mass is 213 g/mol. The summed E-state index contributed by atoms with van der Waals surface area (Å²) in [5, 5.41) is 2.72. The van der Waals surface area contributed by atoms with Gasteiger partial charge in [0.2, 0.25) is 11.8 Å². The zero-order chi connectivity index (χ0) is 11.4. The molecule has 5 heteroatoms. The lowest BCUT2D eigenvalue weighted by atomic mass is 10.0. The molecule has 1 heterocycles. The van der Waals surface area contributed by atoms with E-state index in [0.29, 0.717) is 13.1 Å². The van der Waals surface area contributed by atoms with Gasteiger partial charge in [0.25, 0.3) is 0 Å². The topological polar surface area (TPSA) is 75.4 Å². The molecule has 15 heavy (non-hydrogen) atoms. The van der Waals surface area contributed by atoms with E-state index in [4.69, 9.17) is 5.73 Å². The molecule has 3 N–H and O–H groups in total. The van der Waals surface area contributed by atoms with Crippen LogP contribution in [-0.2, 0) is 9.59 Å². The maximum atomic E-state index is 11.9. The minimum absolute atomic E-state index is 0.100. The van der Waals surface area contributed by atoms with E-state index in [1.165, 1.54) is 0 Å². The quantitative estimate of drug-likeness (QED) is 0.638. The molecule has 2 amide bonds.